The van der Waals surface area contributed by atoms with Crippen molar-refractivity contribution >= 4 is 17.2 Å². The van der Waals surface area contributed by atoms with Crippen molar-refractivity contribution in [3.63, 3.8) is 0 Å². The summed E-state index contributed by atoms with van der Waals surface area (Å²) >= 11 is 0. The van der Waals surface area contributed by atoms with E-state index in [0.29, 0.717) is 5.56 Å². The molecule has 0 fully saturated rings. The Bertz CT molecular complexity index is 704. The summed E-state index contributed by atoms with van der Waals surface area (Å²) in [6.07, 6.45) is 1.77. The highest BCUT2D eigenvalue weighted by Crippen LogP contribution is 2.32. The highest BCUT2D eigenvalue weighted by atomic mass is 15.2. The van der Waals surface area contributed by atoms with Gasteiger partial charge in [-0.05, 0) is 48.5 Å². The summed E-state index contributed by atoms with van der Waals surface area (Å²) in [5, 5.41) is 8.93. The lowest BCUT2D eigenvalue weighted by Gasteiger charge is -2.24. The Balaban J connectivity index is 2.10. The molecule has 0 radical (unpaired) electrons. The van der Waals surface area contributed by atoms with E-state index < -0.39 is 0 Å². The van der Waals surface area contributed by atoms with E-state index in [0.717, 1.165) is 17.2 Å². The number of pyridine rings is 1. The van der Waals surface area contributed by atoms with E-state index in [2.05, 4.69) is 16.0 Å². The molecule has 2 aromatic carbocycles. The number of nitrogens with zero attached hydrogens (tertiary/aromatic N) is 3. The summed E-state index contributed by atoms with van der Waals surface area (Å²) in [6.45, 7) is 0. The number of rotatable bonds is 3. The Kier molecular flexibility index (Phi) is 3.62. The molecule has 0 unspecified atom stereocenters. The normalized spacial score (nSPS) is 9.86. The van der Waals surface area contributed by atoms with Gasteiger partial charge in [0, 0.05) is 17.6 Å². The smallest absolute Gasteiger partial charge is 0.137 e. The number of para-hydroxylation sites is 1. The van der Waals surface area contributed by atoms with Crippen LogP contribution in [-0.2, 0) is 0 Å². The fourth-order valence-corrected chi connectivity index (χ4v) is 2.16. The van der Waals surface area contributed by atoms with Gasteiger partial charge in [-0.25, -0.2) is 4.98 Å². The van der Waals surface area contributed by atoms with Crippen LogP contribution in [0.5, 0.6) is 0 Å². The molecule has 3 heteroatoms. The molecular formula is C18H13N3. The third kappa shape index (κ3) is 2.75. The molecule has 0 saturated heterocycles. The molecule has 0 amide bonds. The maximum Gasteiger partial charge on any atom is 0.137 e. The van der Waals surface area contributed by atoms with E-state index in [9.17, 15) is 0 Å². The van der Waals surface area contributed by atoms with Gasteiger partial charge in [-0.3, -0.25) is 4.90 Å². The van der Waals surface area contributed by atoms with Crippen LogP contribution < -0.4 is 4.90 Å². The van der Waals surface area contributed by atoms with Crippen molar-refractivity contribution in [1.29, 1.82) is 5.26 Å². The minimum atomic E-state index is 0.646. The number of anilines is 3. The van der Waals surface area contributed by atoms with Gasteiger partial charge in [0.15, 0.2) is 0 Å². The Labute approximate surface area is 123 Å². The predicted octanol–water partition coefficient (Wildman–Crippen LogP) is 4.42. The first kappa shape index (κ1) is 12.9. The van der Waals surface area contributed by atoms with E-state index in [1.807, 2.05) is 72.8 Å². The Hall–Kier alpha value is -3.12. The van der Waals surface area contributed by atoms with Gasteiger partial charge in [-0.1, -0.05) is 24.3 Å². The van der Waals surface area contributed by atoms with Gasteiger partial charge in [0.2, 0.25) is 0 Å². The summed E-state index contributed by atoms with van der Waals surface area (Å²) < 4.78 is 0. The molecule has 0 saturated carbocycles. The van der Waals surface area contributed by atoms with Crippen molar-refractivity contribution in [3.8, 4) is 6.07 Å². The zero-order valence-corrected chi connectivity index (χ0v) is 11.3. The zero-order valence-electron chi connectivity index (χ0n) is 11.3. The summed E-state index contributed by atoms with van der Waals surface area (Å²) in [5.74, 6) is 0.841. The van der Waals surface area contributed by atoms with Crippen LogP contribution in [0.25, 0.3) is 0 Å². The van der Waals surface area contributed by atoms with Crippen molar-refractivity contribution in [3.05, 3.63) is 84.6 Å². The molecular weight excluding hydrogens is 258 g/mol. The van der Waals surface area contributed by atoms with E-state index in [1.165, 1.54) is 0 Å². The second-order valence-corrected chi connectivity index (χ2v) is 4.52. The second-order valence-electron chi connectivity index (χ2n) is 4.52. The van der Waals surface area contributed by atoms with Gasteiger partial charge in [-0.2, -0.15) is 5.26 Å². The fraction of sp³-hybridized carbons (Fsp3) is 0. The standard InChI is InChI=1S/C18H13N3/c19-14-15-9-11-17(12-10-15)21(16-6-2-1-3-7-16)18-8-4-5-13-20-18/h1-13H. The first-order valence-corrected chi connectivity index (χ1v) is 6.65. The Morgan fingerprint density at radius 1 is 0.762 bits per heavy atom. The van der Waals surface area contributed by atoms with E-state index in [4.69, 9.17) is 5.26 Å². The largest absolute Gasteiger partial charge is 0.295 e. The highest BCUT2D eigenvalue weighted by molar-refractivity contribution is 5.74. The van der Waals surface area contributed by atoms with Crippen LogP contribution in [0.4, 0.5) is 17.2 Å². The van der Waals surface area contributed by atoms with Crippen LogP contribution in [0.15, 0.2) is 79.0 Å². The minimum absolute atomic E-state index is 0.646. The number of nitriles is 1. The topological polar surface area (TPSA) is 39.9 Å². The van der Waals surface area contributed by atoms with E-state index >= 15 is 0 Å². The van der Waals surface area contributed by atoms with Crippen LogP contribution >= 0.6 is 0 Å². The SMILES string of the molecule is N#Cc1ccc(N(c2ccccc2)c2ccccn2)cc1. The average Bonchev–Trinajstić information content (AvgIpc) is 2.58. The first-order chi connectivity index (χ1) is 10.4. The quantitative estimate of drug-likeness (QED) is 0.707. The van der Waals surface area contributed by atoms with E-state index in [-0.39, 0.29) is 0 Å². The van der Waals surface area contributed by atoms with Crippen LogP contribution in [-0.4, -0.2) is 4.98 Å². The Morgan fingerprint density at radius 3 is 2.05 bits per heavy atom. The molecule has 0 N–H and O–H groups in total. The van der Waals surface area contributed by atoms with Gasteiger partial charge in [-0.15, -0.1) is 0 Å². The van der Waals surface area contributed by atoms with Crippen LogP contribution in [0.1, 0.15) is 5.56 Å². The fourth-order valence-electron chi connectivity index (χ4n) is 2.16. The van der Waals surface area contributed by atoms with Gasteiger partial charge in [0.05, 0.1) is 11.6 Å². The number of hydrogen-bond acceptors (Lipinski definition) is 3. The van der Waals surface area contributed by atoms with Gasteiger partial charge in [0.1, 0.15) is 5.82 Å². The molecule has 3 nitrogen and oxygen atoms in total. The minimum Gasteiger partial charge on any atom is -0.295 e. The van der Waals surface area contributed by atoms with Gasteiger partial charge in [0.25, 0.3) is 0 Å². The Morgan fingerprint density at radius 2 is 1.43 bits per heavy atom. The molecule has 0 spiro atoms. The summed E-state index contributed by atoms with van der Waals surface area (Å²) in [6, 6.07) is 25.5. The zero-order chi connectivity index (χ0) is 14.5. The number of aromatic nitrogens is 1. The molecule has 100 valence electrons. The lowest BCUT2D eigenvalue weighted by Crippen LogP contribution is -2.11. The highest BCUT2D eigenvalue weighted by Gasteiger charge is 2.12. The predicted molar refractivity (Wildman–Crippen MR) is 83.6 cm³/mol. The number of benzene rings is 2. The molecule has 0 atom stereocenters. The van der Waals surface area contributed by atoms with Crippen molar-refractivity contribution in [1.82, 2.24) is 4.98 Å². The maximum absolute atomic E-state index is 8.93. The molecule has 1 aromatic heterocycles. The van der Waals surface area contributed by atoms with Crippen molar-refractivity contribution < 1.29 is 0 Å². The van der Waals surface area contributed by atoms with Crippen LogP contribution in [0, 0.1) is 11.3 Å². The molecule has 3 rings (SSSR count). The third-order valence-electron chi connectivity index (χ3n) is 3.15. The summed E-state index contributed by atoms with van der Waals surface area (Å²) in [7, 11) is 0. The van der Waals surface area contributed by atoms with Crippen LogP contribution in [0.3, 0.4) is 0 Å². The van der Waals surface area contributed by atoms with Crippen LogP contribution in [0.2, 0.25) is 0 Å². The lowest BCUT2D eigenvalue weighted by atomic mass is 10.2. The molecule has 0 aliphatic heterocycles. The molecule has 3 aromatic rings. The van der Waals surface area contributed by atoms with Crippen molar-refractivity contribution in [2.45, 2.75) is 0 Å². The van der Waals surface area contributed by atoms with Gasteiger partial charge < -0.3 is 0 Å². The average molecular weight is 271 g/mol. The molecule has 0 aliphatic carbocycles. The molecule has 0 bridgehead atoms. The lowest BCUT2D eigenvalue weighted by molar-refractivity contribution is 1.18. The monoisotopic (exact) mass is 271 g/mol. The molecule has 1 heterocycles. The molecule has 0 aliphatic rings. The summed E-state index contributed by atoms with van der Waals surface area (Å²) in [4.78, 5) is 6.49. The van der Waals surface area contributed by atoms with Crippen molar-refractivity contribution in [2.24, 2.45) is 0 Å². The van der Waals surface area contributed by atoms with E-state index in [1.54, 1.807) is 6.20 Å². The number of hydrogen-bond donors (Lipinski definition) is 0. The second kappa shape index (κ2) is 5.89. The first-order valence-electron chi connectivity index (χ1n) is 6.65. The summed E-state index contributed by atoms with van der Waals surface area (Å²) in [5.41, 5.74) is 2.65. The molecule has 21 heavy (non-hydrogen) atoms. The third-order valence-corrected chi connectivity index (χ3v) is 3.15. The maximum atomic E-state index is 8.93. The van der Waals surface area contributed by atoms with Crippen molar-refractivity contribution in [2.75, 3.05) is 4.90 Å². The van der Waals surface area contributed by atoms with Gasteiger partial charge >= 0.3 is 0 Å².